The smallest absolute Gasteiger partial charge is 0.120 e. The van der Waals surface area contributed by atoms with Gasteiger partial charge in [0.05, 0.1) is 11.4 Å². The zero-order valence-electron chi connectivity index (χ0n) is 16.0. The van der Waals surface area contributed by atoms with Gasteiger partial charge < -0.3 is 10.2 Å². The molecule has 0 amide bonds. The Bertz CT molecular complexity index is 639. The molecule has 0 heterocycles. The first-order valence-electron chi connectivity index (χ1n) is 9.77. The molecule has 2 unspecified atom stereocenters. The Morgan fingerprint density at radius 1 is 0.885 bits per heavy atom. The van der Waals surface area contributed by atoms with Crippen LogP contribution in [0.3, 0.4) is 0 Å². The molecule has 0 saturated carbocycles. The third-order valence-corrected chi connectivity index (χ3v) is 6.14. The maximum absolute atomic E-state index is 11.0. The van der Waals surface area contributed by atoms with Crippen LogP contribution in [-0.4, -0.2) is 16.0 Å². The Morgan fingerprint density at radius 3 is 2.23 bits per heavy atom. The standard InChI is InChI=1S/C23H32O2S/c1-3-4-5-6-7-10-17-26-23(20-11-8-9-12-21(20)24)22(25)19-15-13-18(2)14-16-19/h8-9,11-16,22-25H,3-7,10,17H2,1-2H3. The number of phenolic OH excluding ortho intramolecular Hbond substituents is 1. The lowest BCUT2D eigenvalue weighted by molar-refractivity contribution is 0.174. The Kier molecular flexibility index (Phi) is 9.07. The Morgan fingerprint density at radius 2 is 1.54 bits per heavy atom. The Hall–Kier alpha value is -1.45. The largest absolute Gasteiger partial charge is 0.508 e. The first-order valence-corrected chi connectivity index (χ1v) is 10.8. The molecule has 0 aliphatic heterocycles. The van der Waals surface area contributed by atoms with Crippen molar-refractivity contribution in [1.82, 2.24) is 0 Å². The molecule has 2 aromatic carbocycles. The average molecular weight is 373 g/mol. The van der Waals surface area contributed by atoms with Gasteiger partial charge in [-0.15, -0.1) is 0 Å². The van der Waals surface area contributed by atoms with Gasteiger partial charge in [0.25, 0.3) is 0 Å². The summed E-state index contributed by atoms with van der Waals surface area (Å²) in [5.74, 6) is 1.26. The molecule has 2 N–H and O–H groups in total. The van der Waals surface area contributed by atoms with E-state index in [1.54, 1.807) is 17.8 Å². The first kappa shape index (κ1) is 20.9. The molecule has 0 spiro atoms. The van der Waals surface area contributed by atoms with Crippen LogP contribution in [0.15, 0.2) is 48.5 Å². The van der Waals surface area contributed by atoms with Gasteiger partial charge in [0.1, 0.15) is 5.75 Å². The topological polar surface area (TPSA) is 40.5 Å². The molecule has 0 saturated heterocycles. The van der Waals surface area contributed by atoms with Gasteiger partial charge in [-0.05, 0) is 30.7 Å². The number of phenols is 1. The summed E-state index contributed by atoms with van der Waals surface area (Å²) in [5.41, 5.74) is 2.90. The van der Waals surface area contributed by atoms with Gasteiger partial charge in [0.2, 0.25) is 0 Å². The molecular weight excluding hydrogens is 340 g/mol. The number of thioether (sulfide) groups is 1. The molecule has 0 bridgehead atoms. The summed E-state index contributed by atoms with van der Waals surface area (Å²) < 4.78 is 0. The summed E-state index contributed by atoms with van der Waals surface area (Å²) in [5, 5.41) is 21.1. The van der Waals surface area contributed by atoms with Crippen LogP contribution in [0, 0.1) is 6.92 Å². The van der Waals surface area contributed by atoms with Gasteiger partial charge in [0, 0.05) is 5.56 Å². The van der Waals surface area contributed by atoms with Crippen LogP contribution in [0.5, 0.6) is 5.75 Å². The fourth-order valence-electron chi connectivity index (χ4n) is 3.11. The van der Waals surface area contributed by atoms with E-state index in [0.717, 1.165) is 23.3 Å². The van der Waals surface area contributed by atoms with E-state index in [-0.39, 0.29) is 11.0 Å². The summed E-state index contributed by atoms with van der Waals surface area (Å²) in [4.78, 5) is 0. The number of hydrogen-bond donors (Lipinski definition) is 2. The van der Waals surface area contributed by atoms with Crippen molar-refractivity contribution in [1.29, 1.82) is 0 Å². The van der Waals surface area contributed by atoms with Crippen molar-refractivity contribution in [3.63, 3.8) is 0 Å². The highest BCUT2D eigenvalue weighted by atomic mass is 32.2. The van der Waals surface area contributed by atoms with E-state index >= 15 is 0 Å². The van der Waals surface area contributed by atoms with Crippen LogP contribution >= 0.6 is 11.8 Å². The van der Waals surface area contributed by atoms with Crippen LogP contribution in [0.2, 0.25) is 0 Å². The van der Waals surface area contributed by atoms with Crippen molar-refractivity contribution >= 4 is 11.8 Å². The fraction of sp³-hybridized carbons (Fsp3) is 0.478. The molecule has 142 valence electrons. The summed E-state index contributed by atoms with van der Waals surface area (Å²) in [6, 6.07) is 15.4. The zero-order chi connectivity index (χ0) is 18.8. The van der Waals surface area contributed by atoms with Crippen molar-refractivity contribution < 1.29 is 10.2 Å². The van der Waals surface area contributed by atoms with Gasteiger partial charge >= 0.3 is 0 Å². The second-order valence-electron chi connectivity index (χ2n) is 6.97. The molecule has 2 atom stereocenters. The maximum Gasteiger partial charge on any atom is 0.120 e. The Labute approximate surface area is 162 Å². The van der Waals surface area contributed by atoms with Crippen molar-refractivity contribution in [3.8, 4) is 5.75 Å². The molecule has 0 aliphatic carbocycles. The molecule has 2 nitrogen and oxygen atoms in total. The van der Waals surface area contributed by atoms with Gasteiger partial charge in [-0.2, -0.15) is 11.8 Å². The van der Waals surface area contributed by atoms with Gasteiger partial charge in [-0.1, -0.05) is 87.1 Å². The van der Waals surface area contributed by atoms with Gasteiger partial charge in [0.15, 0.2) is 0 Å². The predicted octanol–water partition coefficient (Wildman–Crippen LogP) is 6.57. The van der Waals surface area contributed by atoms with Crippen LogP contribution in [-0.2, 0) is 0 Å². The van der Waals surface area contributed by atoms with E-state index in [1.165, 1.54) is 37.7 Å². The number of aliphatic hydroxyl groups excluding tert-OH is 1. The lowest BCUT2D eigenvalue weighted by Crippen LogP contribution is -2.09. The average Bonchev–Trinajstić information content (AvgIpc) is 2.65. The van der Waals surface area contributed by atoms with Crippen LogP contribution in [0.25, 0.3) is 0 Å². The number of unbranched alkanes of at least 4 members (excludes halogenated alkanes) is 5. The first-order chi connectivity index (χ1) is 12.6. The maximum atomic E-state index is 11.0. The second kappa shape index (κ2) is 11.3. The minimum absolute atomic E-state index is 0.158. The highest BCUT2D eigenvalue weighted by Gasteiger charge is 2.25. The van der Waals surface area contributed by atoms with E-state index in [1.807, 2.05) is 49.4 Å². The van der Waals surface area contributed by atoms with Crippen LogP contribution < -0.4 is 0 Å². The van der Waals surface area contributed by atoms with Gasteiger partial charge in [-0.25, -0.2) is 0 Å². The van der Waals surface area contributed by atoms with Crippen molar-refractivity contribution in [3.05, 3.63) is 65.2 Å². The zero-order valence-corrected chi connectivity index (χ0v) is 16.8. The number of aryl methyl sites for hydroxylation is 1. The third kappa shape index (κ3) is 6.37. The normalized spacial score (nSPS) is 13.5. The predicted molar refractivity (Wildman–Crippen MR) is 113 cm³/mol. The minimum Gasteiger partial charge on any atom is -0.508 e. The second-order valence-corrected chi connectivity index (χ2v) is 8.22. The van der Waals surface area contributed by atoms with E-state index in [9.17, 15) is 10.2 Å². The molecule has 0 aromatic heterocycles. The minimum atomic E-state index is -0.631. The quantitative estimate of drug-likeness (QED) is 0.438. The number of rotatable bonds is 11. The number of aromatic hydroxyl groups is 1. The van der Waals surface area contributed by atoms with Crippen molar-refractivity contribution in [2.45, 2.75) is 63.7 Å². The molecule has 0 fully saturated rings. The molecule has 0 radical (unpaired) electrons. The van der Waals surface area contributed by atoms with Gasteiger partial charge in [-0.3, -0.25) is 0 Å². The van der Waals surface area contributed by atoms with E-state index in [0.29, 0.717) is 0 Å². The summed E-state index contributed by atoms with van der Waals surface area (Å²) in [7, 11) is 0. The number of aliphatic hydroxyl groups is 1. The van der Waals surface area contributed by atoms with Crippen LogP contribution in [0.1, 0.15) is 73.5 Å². The van der Waals surface area contributed by atoms with Crippen molar-refractivity contribution in [2.24, 2.45) is 0 Å². The monoisotopic (exact) mass is 372 g/mol. The summed E-state index contributed by atoms with van der Waals surface area (Å²) in [6.07, 6.45) is 6.95. The van der Waals surface area contributed by atoms with E-state index < -0.39 is 6.10 Å². The van der Waals surface area contributed by atoms with E-state index in [2.05, 4.69) is 6.92 Å². The Balaban J connectivity index is 2.03. The lowest BCUT2D eigenvalue weighted by atomic mass is 9.99. The van der Waals surface area contributed by atoms with E-state index in [4.69, 9.17) is 0 Å². The molecule has 2 rings (SSSR count). The van der Waals surface area contributed by atoms with Crippen LogP contribution in [0.4, 0.5) is 0 Å². The summed E-state index contributed by atoms with van der Waals surface area (Å²) >= 11 is 1.75. The summed E-state index contributed by atoms with van der Waals surface area (Å²) in [6.45, 7) is 4.28. The lowest BCUT2D eigenvalue weighted by Gasteiger charge is -2.24. The molecule has 0 aliphatic rings. The number of hydrogen-bond acceptors (Lipinski definition) is 3. The third-order valence-electron chi connectivity index (χ3n) is 4.74. The highest BCUT2D eigenvalue weighted by Crippen LogP contribution is 2.43. The molecular formula is C23H32O2S. The number of para-hydroxylation sites is 1. The van der Waals surface area contributed by atoms with Crippen molar-refractivity contribution in [2.75, 3.05) is 5.75 Å². The number of benzene rings is 2. The fourth-order valence-corrected chi connectivity index (χ4v) is 4.45. The highest BCUT2D eigenvalue weighted by molar-refractivity contribution is 7.99. The molecule has 2 aromatic rings. The SMILES string of the molecule is CCCCCCCCSC(c1ccccc1O)C(O)c1ccc(C)cc1. The molecule has 3 heteroatoms. The molecule has 26 heavy (non-hydrogen) atoms.